The monoisotopic (exact) mass is 278 g/mol. The van der Waals surface area contributed by atoms with E-state index in [2.05, 4.69) is 13.8 Å². The van der Waals surface area contributed by atoms with Crippen LogP contribution in [0.15, 0.2) is 0 Å². The van der Waals surface area contributed by atoms with E-state index in [-0.39, 0.29) is 0 Å². The third kappa shape index (κ3) is 6.99. The number of unbranched alkanes of at least 4 members (excludes halogenated alkanes) is 1. The van der Waals surface area contributed by atoms with Crippen LogP contribution in [0.1, 0.15) is 53.4 Å². The second-order valence-corrected chi connectivity index (χ2v) is 7.51. The van der Waals surface area contributed by atoms with E-state index in [1.807, 2.05) is 0 Å². The number of carbonyl (C=O) groups is 1. The van der Waals surface area contributed by atoms with Crippen molar-refractivity contribution in [2.75, 3.05) is 12.4 Å². The van der Waals surface area contributed by atoms with Crippen LogP contribution >= 0.6 is 0 Å². The molecule has 0 N–H and O–H groups in total. The maximum absolute atomic E-state index is 11.5. The molecule has 0 aromatic carbocycles. The lowest BCUT2D eigenvalue weighted by molar-refractivity contribution is -0.142. The first-order chi connectivity index (χ1) is 8.33. The first-order valence-electron chi connectivity index (χ1n) is 6.70. The second kappa shape index (κ2) is 8.51. The van der Waals surface area contributed by atoms with Gasteiger partial charge in [-0.05, 0) is 26.2 Å². The minimum Gasteiger partial charge on any atom is -0.465 e. The molecule has 0 heterocycles. The van der Waals surface area contributed by atoms with Crippen LogP contribution in [0.4, 0.5) is 0 Å². The zero-order valence-corrected chi connectivity index (χ0v) is 12.8. The average molecular weight is 278 g/mol. The lowest BCUT2D eigenvalue weighted by Gasteiger charge is -2.15. The molecular weight excluding hydrogens is 252 g/mol. The first-order valence-corrected chi connectivity index (χ1v) is 8.42. The molecule has 0 radical (unpaired) electrons. The van der Waals surface area contributed by atoms with Crippen LogP contribution in [0.5, 0.6) is 0 Å². The Hall–Kier alpha value is -0.580. The van der Waals surface area contributed by atoms with E-state index in [0.29, 0.717) is 12.5 Å². The van der Waals surface area contributed by atoms with Crippen LogP contribution in [0.2, 0.25) is 0 Å². The van der Waals surface area contributed by atoms with Crippen molar-refractivity contribution < 1.29 is 17.9 Å². The highest BCUT2D eigenvalue weighted by Gasteiger charge is 2.22. The fourth-order valence-electron chi connectivity index (χ4n) is 1.48. The van der Waals surface area contributed by atoms with Crippen molar-refractivity contribution in [3.63, 3.8) is 0 Å². The van der Waals surface area contributed by atoms with E-state index in [9.17, 15) is 13.2 Å². The van der Waals surface area contributed by atoms with Gasteiger partial charge in [-0.25, -0.2) is 8.42 Å². The Morgan fingerprint density at radius 3 is 2.28 bits per heavy atom. The number of rotatable bonds is 9. The molecule has 1 unspecified atom stereocenters. The SMILES string of the molecule is CCCCC(CC)COC(=O)CS(=O)(=O)C(C)C. The molecule has 0 saturated heterocycles. The van der Waals surface area contributed by atoms with E-state index in [0.717, 1.165) is 25.7 Å². The summed E-state index contributed by atoms with van der Waals surface area (Å²) in [6.07, 6.45) is 4.20. The van der Waals surface area contributed by atoms with Gasteiger partial charge in [0.15, 0.2) is 9.84 Å². The predicted molar refractivity (Wildman–Crippen MR) is 73.2 cm³/mol. The molecule has 0 fully saturated rings. The standard InChI is InChI=1S/C13H26O4S/c1-5-7-8-12(6-2)9-17-13(14)10-18(15,16)11(3)4/h11-12H,5-10H2,1-4H3. The van der Waals surface area contributed by atoms with E-state index < -0.39 is 26.8 Å². The fourth-order valence-corrected chi connectivity index (χ4v) is 2.23. The van der Waals surface area contributed by atoms with Crippen LogP contribution in [0.3, 0.4) is 0 Å². The Balaban J connectivity index is 4.10. The quantitative estimate of drug-likeness (QED) is 0.608. The van der Waals surface area contributed by atoms with Crippen LogP contribution in [0.25, 0.3) is 0 Å². The summed E-state index contributed by atoms with van der Waals surface area (Å²) >= 11 is 0. The molecule has 0 amide bonds. The molecule has 0 aliphatic heterocycles. The summed E-state index contributed by atoms with van der Waals surface area (Å²) in [6.45, 7) is 7.65. The van der Waals surface area contributed by atoms with Gasteiger partial charge in [0.05, 0.1) is 11.9 Å². The molecule has 0 saturated carbocycles. The van der Waals surface area contributed by atoms with Crippen molar-refractivity contribution in [3.8, 4) is 0 Å². The maximum Gasteiger partial charge on any atom is 0.321 e. The molecular formula is C13H26O4S. The van der Waals surface area contributed by atoms with Gasteiger partial charge < -0.3 is 4.74 Å². The molecule has 0 rings (SSSR count). The third-order valence-corrected chi connectivity index (χ3v) is 5.14. The minimum absolute atomic E-state index is 0.336. The largest absolute Gasteiger partial charge is 0.465 e. The van der Waals surface area contributed by atoms with Gasteiger partial charge in [0.2, 0.25) is 0 Å². The molecule has 18 heavy (non-hydrogen) atoms. The molecule has 0 spiro atoms. The van der Waals surface area contributed by atoms with Crippen molar-refractivity contribution in [2.24, 2.45) is 5.92 Å². The highest BCUT2D eigenvalue weighted by atomic mass is 32.2. The summed E-state index contributed by atoms with van der Waals surface area (Å²) < 4.78 is 28.1. The van der Waals surface area contributed by atoms with Gasteiger partial charge in [-0.1, -0.05) is 33.1 Å². The van der Waals surface area contributed by atoms with Crippen molar-refractivity contribution in [1.82, 2.24) is 0 Å². The van der Waals surface area contributed by atoms with Crippen LogP contribution < -0.4 is 0 Å². The number of hydrogen-bond acceptors (Lipinski definition) is 4. The first kappa shape index (κ1) is 17.4. The molecule has 4 nitrogen and oxygen atoms in total. The summed E-state index contributed by atoms with van der Waals surface area (Å²) in [4.78, 5) is 11.5. The Bertz CT molecular complexity index is 333. The number of sulfone groups is 1. The maximum atomic E-state index is 11.5. The van der Waals surface area contributed by atoms with E-state index in [1.165, 1.54) is 0 Å². The van der Waals surface area contributed by atoms with E-state index >= 15 is 0 Å². The second-order valence-electron chi connectivity index (χ2n) is 4.96. The highest BCUT2D eigenvalue weighted by molar-refractivity contribution is 7.92. The van der Waals surface area contributed by atoms with Crippen molar-refractivity contribution >= 4 is 15.8 Å². The van der Waals surface area contributed by atoms with Gasteiger partial charge in [0, 0.05) is 0 Å². The lowest BCUT2D eigenvalue weighted by atomic mass is 10.0. The van der Waals surface area contributed by atoms with Gasteiger partial charge in [0.25, 0.3) is 0 Å². The minimum atomic E-state index is -3.34. The fraction of sp³-hybridized carbons (Fsp3) is 0.923. The number of hydrogen-bond donors (Lipinski definition) is 0. The van der Waals surface area contributed by atoms with Gasteiger partial charge >= 0.3 is 5.97 Å². The van der Waals surface area contributed by atoms with Gasteiger partial charge in [-0.15, -0.1) is 0 Å². The average Bonchev–Trinajstić information content (AvgIpc) is 2.28. The zero-order chi connectivity index (χ0) is 14.2. The molecule has 0 aliphatic carbocycles. The molecule has 0 aromatic rings. The number of carbonyl (C=O) groups excluding carboxylic acids is 1. The van der Waals surface area contributed by atoms with Gasteiger partial charge in [0.1, 0.15) is 5.75 Å². The van der Waals surface area contributed by atoms with Crippen LogP contribution in [-0.2, 0) is 19.4 Å². The zero-order valence-electron chi connectivity index (χ0n) is 11.9. The Morgan fingerprint density at radius 1 is 1.22 bits per heavy atom. The van der Waals surface area contributed by atoms with E-state index in [1.54, 1.807) is 13.8 Å². The Morgan fingerprint density at radius 2 is 1.83 bits per heavy atom. The number of ether oxygens (including phenoxy) is 1. The van der Waals surface area contributed by atoms with Gasteiger partial charge in [-0.3, -0.25) is 4.79 Å². The molecule has 5 heteroatoms. The summed E-state index contributed by atoms with van der Waals surface area (Å²) in [5.74, 6) is -0.788. The normalized spacial score (nSPS) is 13.6. The smallest absolute Gasteiger partial charge is 0.321 e. The highest BCUT2D eigenvalue weighted by Crippen LogP contribution is 2.13. The topological polar surface area (TPSA) is 60.4 Å². The van der Waals surface area contributed by atoms with Crippen LogP contribution in [0, 0.1) is 5.92 Å². The van der Waals surface area contributed by atoms with Crippen LogP contribution in [-0.4, -0.2) is 32.0 Å². The van der Waals surface area contributed by atoms with Crippen molar-refractivity contribution in [1.29, 1.82) is 0 Å². The lowest BCUT2D eigenvalue weighted by Crippen LogP contribution is -2.26. The summed E-state index contributed by atoms with van der Waals surface area (Å²) in [6, 6.07) is 0. The molecule has 0 aliphatic rings. The summed E-state index contributed by atoms with van der Waals surface area (Å²) in [5.41, 5.74) is 0. The van der Waals surface area contributed by atoms with Crippen molar-refractivity contribution in [3.05, 3.63) is 0 Å². The Kier molecular flexibility index (Phi) is 8.24. The molecule has 0 aromatic heterocycles. The Labute approximate surface area is 111 Å². The summed E-state index contributed by atoms with van der Waals surface area (Å²) in [7, 11) is -3.34. The summed E-state index contributed by atoms with van der Waals surface area (Å²) in [5, 5.41) is -0.535. The number of esters is 1. The molecule has 108 valence electrons. The predicted octanol–water partition coefficient (Wildman–Crippen LogP) is 2.57. The van der Waals surface area contributed by atoms with Gasteiger partial charge in [-0.2, -0.15) is 0 Å². The van der Waals surface area contributed by atoms with E-state index in [4.69, 9.17) is 4.74 Å². The molecule has 0 bridgehead atoms. The molecule has 1 atom stereocenters. The van der Waals surface area contributed by atoms with Crippen molar-refractivity contribution in [2.45, 2.75) is 58.6 Å². The third-order valence-electron chi connectivity index (χ3n) is 3.06.